The van der Waals surface area contributed by atoms with E-state index in [4.69, 9.17) is 5.73 Å². The van der Waals surface area contributed by atoms with Crippen LogP contribution in [0, 0.1) is 22.0 Å². The van der Waals surface area contributed by atoms with E-state index in [0.717, 1.165) is 6.42 Å². The molecule has 1 unspecified atom stereocenters. The molecule has 0 aliphatic heterocycles. The van der Waals surface area contributed by atoms with Crippen molar-refractivity contribution >= 4 is 11.6 Å². The fourth-order valence-electron chi connectivity index (χ4n) is 2.30. The van der Waals surface area contributed by atoms with E-state index >= 15 is 0 Å². The third-order valence-electron chi connectivity index (χ3n) is 3.28. The van der Waals surface area contributed by atoms with E-state index in [1.807, 2.05) is 0 Å². The average Bonchev–Trinajstić information content (AvgIpc) is 2.44. The molecule has 1 rings (SSSR count). The van der Waals surface area contributed by atoms with Gasteiger partial charge < -0.3 is 11.1 Å². The third kappa shape index (κ3) is 5.91. The molecule has 1 aromatic carbocycles. The Morgan fingerprint density at radius 2 is 2.05 bits per heavy atom. The minimum atomic E-state index is -0.442. The Kier molecular flexibility index (Phi) is 6.81. The Balaban J connectivity index is 2.55. The zero-order valence-corrected chi connectivity index (χ0v) is 12.5. The van der Waals surface area contributed by atoms with Crippen molar-refractivity contribution in [2.45, 2.75) is 33.2 Å². The minimum Gasteiger partial charge on any atom is -0.352 e. The molecule has 1 amide bonds. The molecule has 116 valence electrons. The summed E-state index contributed by atoms with van der Waals surface area (Å²) < 4.78 is 0. The van der Waals surface area contributed by atoms with E-state index in [-0.39, 0.29) is 24.1 Å². The topological polar surface area (TPSA) is 98.3 Å². The van der Waals surface area contributed by atoms with Crippen LogP contribution in [0.5, 0.6) is 0 Å². The predicted octanol–water partition coefficient (Wildman–Crippen LogP) is 2.22. The Hall–Kier alpha value is -1.95. The number of nitro groups is 1. The first-order chi connectivity index (χ1) is 9.93. The van der Waals surface area contributed by atoms with Gasteiger partial charge in [-0.25, -0.2) is 0 Å². The van der Waals surface area contributed by atoms with Crippen molar-refractivity contribution in [3.05, 3.63) is 39.9 Å². The van der Waals surface area contributed by atoms with Gasteiger partial charge in [0.25, 0.3) is 5.69 Å². The van der Waals surface area contributed by atoms with Gasteiger partial charge in [-0.1, -0.05) is 32.0 Å². The molecular formula is C15H23N3O3. The number of carbonyl (C=O) groups is 1. The quantitative estimate of drug-likeness (QED) is 0.567. The van der Waals surface area contributed by atoms with Gasteiger partial charge in [0.15, 0.2) is 0 Å². The lowest BCUT2D eigenvalue weighted by atomic mass is 9.94. The van der Waals surface area contributed by atoms with Crippen LogP contribution in [0.4, 0.5) is 5.69 Å². The van der Waals surface area contributed by atoms with Crippen LogP contribution >= 0.6 is 0 Å². The van der Waals surface area contributed by atoms with E-state index in [1.54, 1.807) is 18.2 Å². The molecule has 0 bridgehead atoms. The lowest BCUT2D eigenvalue weighted by Gasteiger charge is -2.16. The van der Waals surface area contributed by atoms with E-state index in [2.05, 4.69) is 19.2 Å². The lowest BCUT2D eigenvalue weighted by Crippen LogP contribution is -2.28. The number of rotatable bonds is 8. The zero-order valence-electron chi connectivity index (χ0n) is 12.5. The molecular weight excluding hydrogens is 270 g/mol. The average molecular weight is 293 g/mol. The minimum absolute atomic E-state index is 0.0235. The number of hydrogen-bond donors (Lipinski definition) is 2. The summed E-state index contributed by atoms with van der Waals surface area (Å²) in [4.78, 5) is 22.4. The number of amides is 1. The monoisotopic (exact) mass is 293 g/mol. The van der Waals surface area contributed by atoms with Crippen LogP contribution in [-0.4, -0.2) is 17.4 Å². The Labute approximate surface area is 124 Å². The van der Waals surface area contributed by atoms with Gasteiger partial charge in [-0.3, -0.25) is 14.9 Å². The maximum Gasteiger partial charge on any atom is 0.274 e. The van der Waals surface area contributed by atoms with Gasteiger partial charge in [0.2, 0.25) is 5.91 Å². The Morgan fingerprint density at radius 3 is 2.62 bits per heavy atom. The van der Waals surface area contributed by atoms with Crippen molar-refractivity contribution in [2.75, 3.05) is 6.54 Å². The largest absolute Gasteiger partial charge is 0.352 e. The van der Waals surface area contributed by atoms with Crippen molar-refractivity contribution in [3.8, 4) is 0 Å². The second-order valence-electron chi connectivity index (χ2n) is 5.60. The first-order valence-electron chi connectivity index (χ1n) is 7.13. The smallest absolute Gasteiger partial charge is 0.274 e. The first kappa shape index (κ1) is 17.1. The van der Waals surface area contributed by atoms with Crippen LogP contribution in [-0.2, 0) is 11.3 Å². The normalized spacial score (nSPS) is 12.2. The standard InChI is InChI=1S/C15H23N3O3/c1-11(2)7-12(9-16)8-15(19)17-10-13-5-3-4-6-14(13)18(20)21/h3-6,11-12H,7-10,16H2,1-2H3,(H,17,19). The second kappa shape index (κ2) is 8.36. The van der Waals surface area contributed by atoms with E-state index in [0.29, 0.717) is 24.4 Å². The Morgan fingerprint density at radius 1 is 1.38 bits per heavy atom. The number of benzene rings is 1. The van der Waals surface area contributed by atoms with Crippen molar-refractivity contribution in [3.63, 3.8) is 0 Å². The van der Waals surface area contributed by atoms with Crippen LogP contribution in [0.25, 0.3) is 0 Å². The summed E-state index contributed by atoms with van der Waals surface area (Å²) >= 11 is 0. The van der Waals surface area contributed by atoms with E-state index < -0.39 is 4.92 Å². The Bertz CT molecular complexity index is 489. The highest BCUT2D eigenvalue weighted by Crippen LogP contribution is 2.18. The number of hydrogen-bond acceptors (Lipinski definition) is 4. The molecule has 0 fully saturated rings. The number of nitro benzene ring substituents is 1. The van der Waals surface area contributed by atoms with Crippen LogP contribution in [0.15, 0.2) is 24.3 Å². The van der Waals surface area contributed by atoms with E-state index in [1.165, 1.54) is 6.07 Å². The molecule has 6 nitrogen and oxygen atoms in total. The predicted molar refractivity (Wildman–Crippen MR) is 81.6 cm³/mol. The summed E-state index contributed by atoms with van der Waals surface area (Å²) in [6.07, 6.45) is 1.25. The summed E-state index contributed by atoms with van der Waals surface area (Å²) in [7, 11) is 0. The molecule has 6 heteroatoms. The molecule has 0 heterocycles. The van der Waals surface area contributed by atoms with Crippen LogP contribution in [0.3, 0.4) is 0 Å². The summed E-state index contributed by atoms with van der Waals surface area (Å²) in [6, 6.07) is 6.41. The van der Waals surface area contributed by atoms with Crippen LogP contribution in [0.1, 0.15) is 32.3 Å². The number of carbonyl (C=O) groups excluding carboxylic acids is 1. The van der Waals surface area contributed by atoms with Crippen molar-refractivity contribution in [1.82, 2.24) is 5.32 Å². The molecule has 0 saturated heterocycles. The SMILES string of the molecule is CC(C)CC(CN)CC(=O)NCc1ccccc1[N+](=O)[O-]. The molecule has 1 aromatic rings. The summed E-state index contributed by atoms with van der Waals surface area (Å²) in [6.45, 7) is 4.81. The second-order valence-corrected chi connectivity index (χ2v) is 5.60. The fourth-order valence-corrected chi connectivity index (χ4v) is 2.30. The van der Waals surface area contributed by atoms with Gasteiger partial charge in [0.1, 0.15) is 0 Å². The maximum atomic E-state index is 11.9. The summed E-state index contributed by atoms with van der Waals surface area (Å²) in [5.41, 5.74) is 6.20. The van der Waals surface area contributed by atoms with Gasteiger partial charge in [-0.2, -0.15) is 0 Å². The molecule has 21 heavy (non-hydrogen) atoms. The first-order valence-corrected chi connectivity index (χ1v) is 7.13. The number of para-hydroxylation sites is 1. The molecule has 0 saturated carbocycles. The van der Waals surface area contributed by atoms with Gasteiger partial charge in [-0.05, 0) is 24.8 Å². The van der Waals surface area contributed by atoms with Crippen molar-refractivity contribution in [2.24, 2.45) is 17.6 Å². The highest BCUT2D eigenvalue weighted by Gasteiger charge is 2.16. The van der Waals surface area contributed by atoms with Gasteiger partial charge in [0, 0.05) is 24.6 Å². The maximum absolute atomic E-state index is 11.9. The van der Waals surface area contributed by atoms with Gasteiger partial charge in [-0.15, -0.1) is 0 Å². The fraction of sp³-hybridized carbons (Fsp3) is 0.533. The molecule has 3 N–H and O–H groups in total. The zero-order chi connectivity index (χ0) is 15.8. The van der Waals surface area contributed by atoms with Crippen LogP contribution < -0.4 is 11.1 Å². The molecule has 0 radical (unpaired) electrons. The molecule has 0 aromatic heterocycles. The molecule has 0 aliphatic carbocycles. The number of nitrogens with zero attached hydrogens (tertiary/aromatic N) is 1. The third-order valence-corrected chi connectivity index (χ3v) is 3.28. The van der Waals surface area contributed by atoms with Gasteiger partial charge in [0.05, 0.1) is 4.92 Å². The van der Waals surface area contributed by atoms with Crippen LogP contribution in [0.2, 0.25) is 0 Å². The number of nitrogens with two attached hydrogens (primary N) is 1. The summed E-state index contributed by atoms with van der Waals surface area (Å²) in [5, 5.41) is 13.6. The van der Waals surface area contributed by atoms with Gasteiger partial charge >= 0.3 is 0 Å². The highest BCUT2D eigenvalue weighted by molar-refractivity contribution is 5.76. The van der Waals surface area contributed by atoms with Crippen molar-refractivity contribution in [1.29, 1.82) is 0 Å². The van der Waals surface area contributed by atoms with Crippen molar-refractivity contribution < 1.29 is 9.72 Å². The highest BCUT2D eigenvalue weighted by atomic mass is 16.6. The lowest BCUT2D eigenvalue weighted by molar-refractivity contribution is -0.385. The molecule has 0 spiro atoms. The van der Waals surface area contributed by atoms with E-state index in [9.17, 15) is 14.9 Å². The summed E-state index contributed by atoms with van der Waals surface area (Å²) in [5.74, 6) is 0.515. The molecule has 0 aliphatic rings. The molecule has 1 atom stereocenters. The number of nitrogens with one attached hydrogen (secondary N) is 1.